The molecular formula is C20H19F3N2O4S2. The van der Waals surface area contributed by atoms with E-state index >= 15 is 0 Å². The molecule has 0 aliphatic rings. The van der Waals surface area contributed by atoms with Crippen molar-refractivity contribution in [1.29, 1.82) is 0 Å². The monoisotopic (exact) mass is 472 g/mol. The van der Waals surface area contributed by atoms with Gasteiger partial charge in [-0.2, -0.15) is 17.5 Å². The predicted molar refractivity (Wildman–Crippen MR) is 108 cm³/mol. The van der Waals surface area contributed by atoms with Crippen LogP contribution in [0.4, 0.5) is 13.2 Å². The van der Waals surface area contributed by atoms with E-state index in [1.165, 1.54) is 24.3 Å². The Morgan fingerprint density at radius 3 is 2.06 bits per heavy atom. The fraction of sp³-hybridized carbons (Fsp3) is 0.200. The second-order valence-corrected chi connectivity index (χ2v) is 10.7. The van der Waals surface area contributed by atoms with Crippen LogP contribution < -0.4 is 0 Å². The summed E-state index contributed by atoms with van der Waals surface area (Å²) in [6, 6.07) is 12.4. The third-order valence-electron chi connectivity index (χ3n) is 4.65. The molecule has 3 aromatic rings. The second kappa shape index (κ2) is 8.48. The number of rotatable bonds is 7. The Balaban J connectivity index is 2.07. The predicted octanol–water partition coefficient (Wildman–Crippen LogP) is 3.66. The first-order valence-electron chi connectivity index (χ1n) is 9.02. The number of hydrogen-bond donors (Lipinski definition) is 0. The molecule has 0 saturated heterocycles. The van der Waals surface area contributed by atoms with Gasteiger partial charge in [-0.15, -0.1) is 0 Å². The average molecular weight is 473 g/mol. The molecule has 1 heterocycles. The fourth-order valence-corrected chi connectivity index (χ4v) is 5.69. The van der Waals surface area contributed by atoms with Gasteiger partial charge in [-0.3, -0.25) is 0 Å². The number of aromatic nitrogens is 1. The number of alkyl halides is 3. The Kier molecular flexibility index (Phi) is 6.30. The normalized spacial score (nSPS) is 12.9. The number of sulfonamides is 1. The van der Waals surface area contributed by atoms with Crippen molar-refractivity contribution in [3.8, 4) is 0 Å². The molecule has 1 aromatic heterocycles. The summed E-state index contributed by atoms with van der Waals surface area (Å²) in [6.07, 6.45) is -1.61. The van der Waals surface area contributed by atoms with E-state index in [0.29, 0.717) is 12.1 Å². The van der Waals surface area contributed by atoms with Crippen molar-refractivity contribution in [3.63, 3.8) is 0 Å². The van der Waals surface area contributed by atoms with Crippen molar-refractivity contribution in [2.75, 3.05) is 13.6 Å². The molecule has 31 heavy (non-hydrogen) atoms. The van der Waals surface area contributed by atoms with Crippen LogP contribution in [0.15, 0.2) is 87.7 Å². The largest absolute Gasteiger partial charge is 0.417 e. The molecule has 0 N–H and O–H groups in total. The molecule has 0 spiro atoms. The summed E-state index contributed by atoms with van der Waals surface area (Å²) in [6.45, 7) is 0.107. The second-order valence-electron chi connectivity index (χ2n) is 6.72. The van der Waals surface area contributed by atoms with E-state index in [1.54, 1.807) is 35.2 Å². The third kappa shape index (κ3) is 4.83. The molecular weight excluding hydrogens is 453 g/mol. The molecule has 0 saturated carbocycles. The van der Waals surface area contributed by atoms with Gasteiger partial charge in [0, 0.05) is 32.5 Å². The molecule has 2 aromatic carbocycles. The standard InChI is InChI=1S/C20H19F3N2O4S2/c1-24(13-14-25-11-5-6-12-25)31(28,29)19-15-17(9-10-18(19)20(21,22)23)30(26,27)16-7-3-2-4-8-16/h2-12,15H,13-14H2,1H3. The maximum atomic E-state index is 13.6. The molecule has 0 fully saturated rings. The summed E-state index contributed by atoms with van der Waals surface area (Å²) in [5.41, 5.74) is -1.42. The van der Waals surface area contributed by atoms with Crippen LogP contribution >= 0.6 is 0 Å². The van der Waals surface area contributed by atoms with Crippen molar-refractivity contribution >= 4 is 19.9 Å². The Hall–Kier alpha value is -2.63. The van der Waals surface area contributed by atoms with Crippen molar-refractivity contribution < 1.29 is 30.0 Å². The molecule has 0 aliphatic carbocycles. The van der Waals surface area contributed by atoms with E-state index in [9.17, 15) is 30.0 Å². The van der Waals surface area contributed by atoms with Crippen molar-refractivity contribution in [1.82, 2.24) is 8.87 Å². The minimum atomic E-state index is -4.99. The Morgan fingerprint density at radius 1 is 0.871 bits per heavy atom. The quantitative estimate of drug-likeness (QED) is 0.526. The van der Waals surface area contributed by atoms with Crippen LogP contribution in [0.3, 0.4) is 0 Å². The molecule has 3 rings (SSSR count). The highest BCUT2D eigenvalue weighted by atomic mass is 32.2. The fourth-order valence-electron chi connectivity index (χ4n) is 2.92. The van der Waals surface area contributed by atoms with Crippen LogP contribution in [-0.4, -0.2) is 39.3 Å². The van der Waals surface area contributed by atoms with Crippen LogP contribution in [0, 0.1) is 0 Å². The van der Waals surface area contributed by atoms with E-state index in [2.05, 4.69) is 0 Å². The van der Waals surface area contributed by atoms with E-state index in [0.717, 1.165) is 17.4 Å². The van der Waals surface area contributed by atoms with Gasteiger partial charge in [0.15, 0.2) is 0 Å². The summed E-state index contributed by atoms with van der Waals surface area (Å²) in [5.74, 6) is 0. The number of sulfone groups is 1. The third-order valence-corrected chi connectivity index (χ3v) is 8.31. The molecule has 11 heteroatoms. The van der Waals surface area contributed by atoms with Gasteiger partial charge >= 0.3 is 6.18 Å². The van der Waals surface area contributed by atoms with E-state index in [4.69, 9.17) is 0 Å². The lowest BCUT2D eigenvalue weighted by Gasteiger charge is -2.21. The van der Waals surface area contributed by atoms with Gasteiger partial charge in [0.2, 0.25) is 19.9 Å². The zero-order valence-corrected chi connectivity index (χ0v) is 18.0. The summed E-state index contributed by atoms with van der Waals surface area (Å²) in [4.78, 5) is -1.80. The number of hydrogen-bond acceptors (Lipinski definition) is 4. The van der Waals surface area contributed by atoms with Crippen molar-refractivity contribution in [2.45, 2.75) is 27.4 Å². The number of nitrogens with zero attached hydrogens (tertiary/aromatic N) is 2. The summed E-state index contributed by atoms with van der Waals surface area (Å²) >= 11 is 0. The highest BCUT2D eigenvalue weighted by Gasteiger charge is 2.39. The van der Waals surface area contributed by atoms with Gasteiger partial charge in [-0.05, 0) is 42.5 Å². The zero-order chi connectivity index (χ0) is 22.9. The Labute approximate surface area is 178 Å². The van der Waals surface area contributed by atoms with E-state index < -0.39 is 41.4 Å². The molecule has 166 valence electrons. The molecule has 0 bridgehead atoms. The minimum absolute atomic E-state index is 0.107. The van der Waals surface area contributed by atoms with Crippen LogP contribution in [0.2, 0.25) is 0 Å². The number of likely N-dealkylation sites (N-methyl/N-ethyl adjacent to an activating group) is 1. The molecule has 6 nitrogen and oxygen atoms in total. The van der Waals surface area contributed by atoms with Gasteiger partial charge in [-0.1, -0.05) is 18.2 Å². The summed E-state index contributed by atoms with van der Waals surface area (Å²) in [7, 11) is -7.70. The van der Waals surface area contributed by atoms with Crippen LogP contribution in [0.25, 0.3) is 0 Å². The van der Waals surface area contributed by atoms with Gasteiger partial charge in [-0.25, -0.2) is 16.8 Å². The van der Waals surface area contributed by atoms with Crippen LogP contribution in [0.5, 0.6) is 0 Å². The minimum Gasteiger partial charge on any atom is -0.353 e. The van der Waals surface area contributed by atoms with E-state index in [-0.39, 0.29) is 18.0 Å². The maximum Gasteiger partial charge on any atom is 0.417 e. The molecule has 0 amide bonds. The van der Waals surface area contributed by atoms with Crippen LogP contribution in [0.1, 0.15) is 5.56 Å². The highest BCUT2D eigenvalue weighted by Crippen LogP contribution is 2.37. The lowest BCUT2D eigenvalue weighted by atomic mass is 10.2. The van der Waals surface area contributed by atoms with Gasteiger partial charge in [0.1, 0.15) is 0 Å². The number of halogens is 3. The Morgan fingerprint density at radius 2 is 1.48 bits per heavy atom. The lowest BCUT2D eigenvalue weighted by molar-refractivity contribution is -0.140. The van der Waals surface area contributed by atoms with Crippen molar-refractivity contribution in [2.24, 2.45) is 0 Å². The molecule has 0 radical (unpaired) electrons. The highest BCUT2D eigenvalue weighted by molar-refractivity contribution is 7.91. The SMILES string of the molecule is CN(CCn1cccc1)S(=O)(=O)c1cc(S(=O)(=O)c2ccccc2)ccc1C(F)(F)F. The molecule has 0 aliphatic heterocycles. The van der Waals surface area contributed by atoms with Crippen molar-refractivity contribution in [3.05, 3.63) is 78.6 Å². The number of benzene rings is 2. The van der Waals surface area contributed by atoms with Gasteiger partial charge in [0.05, 0.1) is 20.2 Å². The topological polar surface area (TPSA) is 76.5 Å². The maximum absolute atomic E-state index is 13.6. The zero-order valence-electron chi connectivity index (χ0n) is 16.3. The first kappa shape index (κ1) is 23.0. The molecule has 0 unspecified atom stereocenters. The average Bonchev–Trinajstić information content (AvgIpc) is 3.25. The summed E-state index contributed by atoms with van der Waals surface area (Å²) < 4.78 is 94.8. The summed E-state index contributed by atoms with van der Waals surface area (Å²) in [5, 5.41) is 0. The van der Waals surface area contributed by atoms with E-state index in [1.807, 2.05) is 0 Å². The van der Waals surface area contributed by atoms with Crippen LogP contribution in [-0.2, 0) is 32.6 Å². The first-order chi connectivity index (χ1) is 14.4. The first-order valence-corrected chi connectivity index (χ1v) is 11.9. The lowest BCUT2D eigenvalue weighted by Crippen LogP contribution is -2.31. The Bertz CT molecular complexity index is 1260. The van der Waals surface area contributed by atoms with Gasteiger partial charge in [0.25, 0.3) is 0 Å². The van der Waals surface area contributed by atoms with Gasteiger partial charge < -0.3 is 4.57 Å². The molecule has 0 atom stereocenters. The smallest absolute Gasteiger partial charge is 0.353 e.